The molecule has 1 unspecified atom stereocenters. The molecule has 0 radical (unpaired) electrons. The van der Waals surface area contributed by atoms with Gasteiger partial charge in [-0.1, -0.05) is 12.1 Å². The van der Waals surface area contributed by atoms with E-state index in [2.05, 4.69) is 13.8 Å². The first-order chi connectivity index (χ1) is 9.46. The molecule has 2 aromatic rings. The van der Waals surface area contributed by atoms with Crippen molar-refractivity contribution in [1.82, 2.24) is 4.57 Å². The van der Waals surface area contributed by atoms with Crippen LogP contribution in [-0.2, 0) is 11.3 Å². The molecule has 0 saturated carbocycles. The summed E-state index contributed by atoms with van der Waals surface area (Å²) in [6.07, 6.45) is 4.17. The number of rotatable bonds is 3. The van der Waals surface area contributed by atoms with Gasteiger partial charge in [0.2, 0.25) is 0 Å². The molecular weight excluding hydrogens is 254 g/mol. The van der Waals surface area contributed by atoms with Gasteiger partial charge in [0.15, 0.2) is 0 Å². The molecule has 0 bridgehead atoms. The summed E-state index contributed by atoms with van der Waals surface area (Å²) in [5.41, 5.74) is 1.07. The third-order valence-electron chi connectivity index (χ3n) is 3.97. The molecule has 0 spiro atoms. The number of benzene rings is 1. The van der Waals surface area contributed by atoms with Crippen molar-refractivity contribution in [3.63, 3.8) is 0 Å². The van der Waals surface area contributed by atoms with Gasteiger partial charge in [-0.3, -0.25) is 0 Å². The Hall–Kier alpha value is -1.81. The molecule has 106 valence electrons. The Morgan fingerprint density at radius 2 is 2.25 bits per heavy atom. The molecule has 20 heavy (non-hydrogen) atoms. The van der Waals surface area contributed by atoms with Crippen molar-refractivity contribution < 1.29 is 14.6 Å². The summed E-state index contributed by atoms with van der Waals surface area (Å²) >= 11 is 0. The maximum Gasteiger partial charge on any atom is 0.337 e. The van der Waals surface area contributed by atoms with Crippen LogP contribution in [0.1, 0.15) is 37.0 Å². The fourth-order valence-electron chi connectivity index (χ4n) is 3.01. The second-order valence-electron chi connectivity index (χ2n) is 6.05. The van der Waals surface area contributed by atoms with Crippen LogP contribution in [-0.4, -0.2) is 27.3 Å². The van der Waals surface area contributed by atoms with E-state index in [0.29, 0.717) is 12.1 Å². The molecule has 2 heterocycles. The Morgan fingerprint density at radius 1 is 1.45 bits per heavy atom. The van der Waals surface area contributed by atoms with E-state index in [1.165, 1.54) is 0 Å². The first kappa shape index (κ1) is 13.2. The standard InChI is InChI=1S/C16H19NO3/c1-16(2)8-6-12(20-16)10-17-9-7-11-4-3-5-13(14(11)17)15(18)19/h3-5,7,9,12H,6,8,10H2,1-2H3,(H,18,19). The highest BCUT2D eigenvalue weighted by Gasteiger charge is 2.32. The topological polar surface area (TPSA) is 51.5 Å². The second kappa shape index (κ2) is 4.63. The maximum absolute atomic E-state index is 11.4. The number of para-hydroxylation sites is 1. The average molecular weight is 273 g/mol. The Labute approximate surface area is 118 Å². The summed E-state index contributed by atoms with van der Waals surface area (Å²) in [6, 6.07) is 7.34. The molecule has 4 heteroatoms. The monoisotopic (exact) mass is 273 g/mol. The van der Waals surface area contributed by atoms with Crippen LogP contribution in [0.2, 0.25) is 0 Å². The summed E-state index contributed by atoms with van der Waals surface area (Å²) in [5.74, 6) is -0.886. The van der Waals surface area contributed by atoms with Crippen LogP contribution in [0.5, 0.6) is 0 Å². The summed E-state index contributed by atoms with van der Waals surface area (Å²) in [4.78, 5) is 11.4. The van der Waals surface area contributed by atoms with Gasteiger partial charge < -0.3 is 14.4 Å². The highest BCUT2D eigenvalue weighted by Crippen LogP contribution is 2.31. The van der Waals surface area contributed by atoms with Crippen LogP contribution in [0, 0.1) is 0 Å². The van der Waals surface area contributed by atoms with E-state index in [1.54, 1.807) is 12.1 Å². The number of ether oxygens (including phenoxy) is 1. The summed E-state index contributed by atoms with van der Waals surface area (Å²) < 4.78 is 8.01. The highest BCUT2D eigenvalue weighted by atomic mass is 16.5. The van der Waals surface area contributed by atoms with Crippen LogP contribution in [0.3, 0.4) is 0 Å². The van der Waals surface area contributed by atoms with Gasteiger partial charge in [0, 0.05) is 18.1 Å². The van der Waals surface area contributed by atoms with Gasteiger partial charge in [-0.2, -0.15) is 0 Å². The van der Waals surface area contributed by atoms with Crippen molar-refractivity contribution in [3.05, 3.63) is 36.0 Å². The third-order valence-corrected chi connectivity index (χ3v) is 3.97. The van der Waals surface area contributed by atoms with E-state index < -0.39 is 5.97 Å². The van der Waals surface area contributed by atoms with Crippen molar-refractivity contribution in [2.45, 2.75) is 44.9 Å². The minimum Gasteiger partial charge on any atom is -0.478 e. The molecule has 1 aromatic carbocycles. The first-order valence-corrected chi connectivity index (χ1v) is 6.95. The molecule has 3 rings (SSSR count). The second-order valence-corrected chi connectivity index (χ2v) is 6.05. The first-order valence-electron chi connectivity index (χ1n) is 6.95. The fraction of sp³-hybridized carbons (Fsp3) is 0.438. The molecule has 1 aliphatic rings. The van der Waals surface area contributed by atoms with Gasteiger partial charge in [0.25, 0.3) is 0 Å². The van der Waals surface area contributed by atoms with E-state index in [-0.39, 0.29) is 11.7 Å². The number of aromatic nitrogens is 1. The average Bonchev–Trinajstić information content (AvgIpc) is 2.93. The lowest BCUT2D eigenvalue weighted by atomic mass is 10.1. The lowest BCUT2D eigenvalue weighted by Crippen LogP contribution is -2.23. The van der Waals surface area contributed by atoms with Gasteiger partial charge in [0.05, 0.1) is 22.8 Å². The highest BCUT2D eigenvalue weighted by molar-refractivity contribution is 6.02. The van der Waals surface area contributed by atoms with E-state index in [0.717, 1.165) is 23.7 Å². The van der Waals surface area contributed by atoms with Crippen LogP contribution >= 0.6 is 0 Å². The molecule has 1 N–H and O–H groups in total. The molecule has 1 aliphatic heterocycles. The van der Waals surface area contributed by atoms with Crippen LogP contribution in [0.25, 0.3) is 10.9 Å². The van der Waals surface area contributed by atoms with Crippen molar-refractivity contribution >= 4 is 16.9 Å². The van der Waals surface area contributed by atoms with Crippen LogP contribution in [0.15, 0.2) is 30.5 Å². The summed E-state index contributed by atoms with van der Waals surface area (Å²) in [5, 5.41) is 10.3. The number of carboxylic acid groups (broad SMARTS) is 1. The van der Waals surface area contributed by atoms with Gasteiger partial charge in [-0.15, -0.1) is 0 Å². The number of hydrogen-bond acceptors (Lipinski definition) is 2. The number of nitrogens with zero attached hydrogens (tertiary/aromatic N) is 1. The predicted molar refractivity (Wildman–Crippen MR) is 77.1 cm³/mol. The number of fused-ring (bicyclic) bond motifs is 1. The SMILES string of the molecule is CC1(C)CCC(Cn2ccc3cccc(C(=O)O)c32)O1. The Kier molecular flexibility index (Phi) is 3.05. The number of carbonyl (C=O) groups is 1. The van der Waals surface area contributed by atoms with Gasteiger partial charge >= 0.3 is 5.97 Å². The largest absolute Gasteiger partial charge is 0.478 e. The maximum atomic E-state index is 11.4. The molecule has 1 atom stereocenters. The molecule has 4 nitrogen and oxygen atoms in total. The van der Waals surface area contributed by atoms with Crippen LogP contribution in [0.4, 0.5) is 0 Å². The molecule has 1 aromatic heterocycles. The summed E-state index contributed by atoms with van der Waals surface area (Å²) in [7, 11) is 0. The minimum atomic E-state index is -0.886. The van der Waals surface area contributed by atoms with Gasteiger partial charge in [0.1, 0.15) is 0 Å². The van der Waals surface area contributed by atoms with Crippen molar-refractivity contribution in [2.75, 3.05) is 0 Å². The van der Waals surface area contributed by atoms with Crippen molar-refractivity contribution in [2.24, 2.45) is 0 Å². The lowest BCUT2D eigenvalue weighted by molar-refractivity contribution is -0.0212. The van der Waals surface area contributed by atoms with E-state index in [4.69, 9.17) is 4.74 Å². The normalized spacial score (nSPS) is 21.4. The predicted octanol–water partition coefficient (Wildman–Crippen LogP) is 3.30. The van der Waals surface area contributed by atoms with E-state index >= 15 is 0 Å². The van der Waals surface area contributed by atoms with Crippen LogP contribution < -0.4 is 0 Å². The fourth-order valence-corrected chi connectivity index (χ4v) is 3.01. The molecular formula is C16H19NO3. The lowest BCUT2D eigenvalue weighted by Gasteiger charge is -2.20. The smallest absolute Gasteiger partial charge is 0.337 e. The molecule has 0 amide bonds. The van der Waals surface area contributed by atoms with E-state index in [9.17, 15) is 9.90 Å². The summed E-state index contributed by atoms with van der Waals surface area (Å²) in [6.45, 7) is 4.91. The molecule has 1 fully saturated rings. The number of carboxylic acids is 1. The third kappa shape index (κ3) is 2.31. The van der Waals surface area contributed by atoms with E-state index in [1.807, 2.05) is 22.9 Å². The van der Waals surface area contributed by atoms with Gasteiger partial charge in [-0.25, -0.2) is 4.79 Å². The van der Waals surface area contributed by atoms with Gasteiger partial charge in [-0.05, 0) is 38.8 Å². The van der Waals surface area contributed by atoms with Crippen molar-refractivity contribution in [3.8, 4) is 0 Å². The Morgan fingerprint density at radius 3 is 2.90 bits per heavy atom. The molecule has 0 aliphatic carbocycles. The molecule has 1 saturated heterocycles. The Bertz CT molecular complexity index is 657. The minimum absolute atomic E-state index is 0.0662. The zero-order valence-electron chi connectivity index (χ0n) is 11.8. The zero-order valence-corrected chi connectivity index (χ0v) is 11.8. The Balaban J connectivity index is 1.94. The number of aromatic carboxylic acids is 1. The number of hydrogen-bond donors (Lipinski definition) is 1. The quantitative estimate of drug-likeness (QED) is 0.933. The zero-order chi connectivity index (χ0) is 14.3. The van der Waals surface area contributed by atoms with Crippen molar-refractivity contribution in [1.29, 1.82) is 0 Å².